The Labute approximate surface area is 113 Å². The molecule has 0 unspecified atom stereocenters. The van der Waals surface area contributed by atoms with Crippen molar-refractivity contribution in [2.24, 2.45) is 0 Å². The molecule has 0 saturated carbocycles. The fourth-order valence-electron chi connectivity index (χ4n) is 1.23. The van der Waals surface area contributed by atoms with Gasteiger partial charge in [0, 0.05) is 0 Å². The van der Waals surface area contributed by atoms with E-state index in [-0.39, 0.29) is 11.5 Å². The van der Waals surface area contributed by atoms with Gasteiger partial charge in [0.25, 0.3) is 0 Å². The summed E-state index contributed by atoms with van der Waals surface area (Å²) in [5.41, 5.74) is 0. The maximum Gasteiger partial charge on any atom is 0.361 e. The third-order valence-electron chi connectivity index (χ3n) is 2.02. The quantitative estimate of drug-likeness (QED) is 0.870. The van der Waals surface area contributed by atoms with Gasteiger partial charge >= 0.3 is 9.05 Å². The molecule has 0 aromatic heterocycles. The van der Waals surface area contributed by atoms with Gasteiger partial charge in [0.1, 0.15) is 23.1 Å². The number of benzene rings is 2. The summed E-state index contributed by atoms with van der Waals surface area (Å²) in [4.78, 5) is 0. The molecule has 0 aliphatic carbocycles. The average Bonchev–Trinajstić information content (AvgIpc) is 2.34. The Morgan fingerprint density at radius 1 is 0.789 bits per heavy atom. The molecule has 2 rings (SSSR count). The highest BCUT2D eigenvalue weighted by atomic mass is 32.9. The second-order valence-electron chi connectivity index (χ2n) is 3.48. The minimum absolute atomic E-state index is 0.114. The van der Waals surface area contributed by atoms with Gasteiger partial charge in [-0.25, -0.2) is 8.78 Å². The molecule has 3 nitrogen and oxygen atoms in total. The van der Waals surface area contributed by atoms with Crippen molar-refractivity contribution in [2.75, 3.05) is 0 Å². The molecule has 0 N–H and O–H groups in total. The standard InChI is InChI=1S/C12H8F2O3S2/c13-9-1-5-11(6-2-9)16-19(15,18)17-12-7-3-10(14)4-8-12/h1-8H. The van der Waals surface area contributed by atoms with E-state index in [9.17, 15) is 13.0 Å². The maximum absolute atomic E-state index is 12.7. The van der Waals surface area contributed by atoms with E-state index in [1.54, 1.807) is 0 Å². The predicted molar refractivity (Wildman–Crippen MR) is 69.6 cm³/mol. The molecule has 19 heavy (non-hydrogen) atoms. The fraction of sp³-hybridized carbons (Fsp3) is 0. The lowest BCUT2D eigenvalue weighted by atomic mass is 10.3. The first-order chi connectivity index (χ1) is 8.94. The van der Waals surface area contributed by atoms with Gasteiger partial charge in [0.05, 0.1) is 11.2 Å². The molecule has 100 valence electrons. The smallest absolute Gasteiger partial charge is 0.361 e. The topological polar surface area (TPSA) is 35.5 Å². The highest BCUT2D eigenvalue weighted by Gasteiger charge is 2.11. The minimum atomic E-state index is -3.52. The van der Waals surface area contributed by atoms with Crippen molar-refractivity contribution in [1.29, 1.82) is 0 Å². The van der Waals surface area contributed by atoms with E-state index < -0.39 is 20.7 Å². The highest BCUT2D eigenvalue weighted by molar-refractivity contribution is 8.27. The zero-order chi connectivity index (χ0) is 13.9. The molecule has 0 atom stereocenters. The first-order valence-corrected chi connectivity index (χ1v) is 7.43. The monoisotopic (exact) mass is 302 g/mol. The van der Waals surface area contributed by atoms with E-state index in [0.29, 0.717) is 0 Å². The van der Waals surface area contributed by atoms with Gasteiger partial charge in [0.2, 0.25) is 0 Å². The Bertz CT molecular complexity index is 599. The zero-order valence-corrected chi connectivity index (χ0v) is 11.0. The Hall–Kier alpha value is -1.73. The van der Waals surface area contributed by atoms with Gasteiger partial charge in [-0.2, -0.15) is 4.21 Å². The van der Waals surface area contributed by atoms with Crippen molar-refractivity contribution < 1.29 is 21.4 Å². The van der Waals surface area contributed by atoms with Gasteiger partial charge in [-0.15, -0.1) is 0 Å². The second kappa shape index (κ2) is 5.50. The third-order valence-corrected chi connectivity index (χ3v) is 3.23. The molecule has 2 aromatic rings. The van der Waals surface area contributed by atoms with Crippen LogP contribution in [0.4, 0.5) is 8.78 Å². The Morgan fingerprint density at radius 3 is 1.42 bits per heavy atom. The lowest BCUT2D eigenvalue weighted by molar-refractivity contribution is 0.457. The summed E-state index contributed by atoms with van der Waals surface area (Å²) in [6.45, 7) is 0. The van der Waals surface area contributed by atoms with Crippen LogP contribution >= 0.6 is 0 Å². The van der Waals surface area contributed by atoms with E-state index in [1.807, 2.05) is 0 Å². The molecule has 0 saturated heterocycles. The third kappa shape index (κ3) is 4.15. The second-order valence-corrected chi connectivity index (χ2v) is 5.86. The van der Waals surface area contributed by atoms with E-state index in [4.69, 9.17) is 8.37 Å². The lowest BCUT2D eigenvalue weighted by Crippen LogP contribution is -2.15. The molecule has 0 bridgehead atoms. The fourth-order valence-corrected chi connectivity index (χ4v) is 2.43. The van der Waals surface area contributed by atoms with Gasteiger partial charge in [-0.05, 0) is 48.5 Å². The molecule has 0 radical (unpaired) electrons. The van der Waals surface area contributed by atoms with Gasteiger partial charge in [-0.1, -0.05) is 0 Å². The summed E-state index contributed by atoms with van der Waals surface area (Å²) in [6.07, 6.45) is 0. The first kappa shape index (κ1) is 13.7. The number of hydrogen-bond donors (Lipinski definition) is 0. The highest BCUT2D eigenvalue weighted by Crippen LogP contribution is 2.18. The summed E-state index contributed by atoms with van der Waals surface area (Å²) in [5.74, 6) is -0.683. The number of hydrogen-bond acceptors (Lipinski definition) is 4. The molecule has 0 spiro atoms. The average molecular weight is 302 g/mol. The summed E-state index contributed by atoms with van der Waals surface area (Å²) in [5, 5.41) is 0. The van der Waals surface area contributed by atoms with Gasteiger partial charge < -0.3 is 8.37 Å². The SMILES string of the molecule is O=S(=S)(Oc1ccc(F)cc1)Oc1ccc(F)cc1. The first-order valence-electron chi connectivity index (χ1n) is 5.10. The van der Waals surface area contributed by atoms with Crippen LogP contribution in [-0.4, -0.2) is 4.21 Å². The minimum Gasteiger partial charge on any atom is -0.373 e. The molecule has 0 aliphatic heterocycles. The molecule has 0 heterocycles. The summed E-state index contributed by atoms with van der Waals surface area (Å²) >= 11 is 4.67. The van der Waals surface area contributed by atoms with Gasteiger partial charge in [0.15, 0.2) is 0 Å². The van der Waals surface area contributed by atoms with Gasteiger partial charge in [-0.3, -0.25) is 0 Å². The molecule has 2 aromatic carbocycles. The summed E-state index contributed by atoms with van der Waals surface area (Å²) in [6, 6.07) is 9.64. The van der Waals surface area contributed by atoms with Crippen molar-refractivity contribution in [1.82, 2.24) is 0 Å². The predicted octanol–water partition coefficient (Wildman–Crippen LogP) is 3.00. The van der Waals surface area contributed by atoms with Crippen LogP contribution in [0, 0.1) is 11.6 Å². The molecule has 0 fully saturated rings. The number of halogens is 2. The van der Waals surface area contributed by atoms with E-state index >= 15 is 0 Å². The van der Waals surface area contributed by atoms with Crippen molar-refractivity contribution in [3.05, 3.63) is 60.2 Å². The Morgan fingerprint density at radius 2 is 1.11 bits per heavy atom. The Kier molecular flexibility index (Phi) is 3.96. The molecular weight excluding hydrogens is 294 g/mol. The maximum atomic E-state index is 12.7. The van der Waals surface area contributed by atoms with Crippen LogP contribution in [0.1, 0.15) is 0 Å². The van der Waals surface area contributed by atoms with Crippen molar-refractivity contribution in [2.45, 2.75) is 0 Å². The normalized spacial score (nSPS) is 11.1. The van der Waals surface area contributed by atoms with Crippen LogP contribution in [0.25, 0.3) is 0 Å². The largest absolute Gasteiger partial charge is 0.373 e. The lowest BCUT2D eigenvalue weighted by Gasteiger charge is -2.10. The van der Waals surface area contributed by atoms with Crippen LogP contribution in [0.3, 0.4) is 0 Å². The molecule has 0 aliphatic rings. The van der Waals surface area contributed by atoms with Crippen LogP contribution in [0.5, 0.6) is 11.5 Å². The van der Waals surface area contributed by atoms with Crippen LogP contribution < -0.4 is 8.37 Å². The van der Waals surface area contributed by atoms with Crippen molar-refractivity contribution in [3.8, 4) is 11.5 Å². The van der Waals surface area contributed by atoms with Crippen LogP contribution in [-0.2, 0) is 20.2 Å². The van der Waals surface area contributed by atoms with Crippen molar-refractivity contribution >= 4 is 20.2 Å². The zero-order valence-electron chi connectivity index (χ0n) is 9.42. The molecule has 7 heteroatoms. The number of rotatable bonds is 4. The molecule has 0 amide bonds. The summed E-state index contributed by atoms with van der Waals surface area (Å²) in [7, 11) is -3.52. The summed E-state index contributed by atoms with van der Waals surface area (Å²) < 4.78 is 47.1. The van der Waals surface area contributed by atoms with E-state index in [1.165, 1.54) is 24.3 Å². The van der Waals surface area contributed by atoms with E-state index in [0.717, 1.165) is 24.3 Å². The van der Waals surface area contributed by atoms with Crippen LogP contribution in [0.15, 0.2) is 48.5 Å². The Balaban J connectivity index is 2.10. The molecular formula is C12H8F2O3S2. The van der Waals surface area contributed by atoms with Crippen LogP contribution in [0.2, 0.25) is 0 Å². The van der Waals surface area contributed by atoms with Crippen molar-refractivity contribution in [3.63, 3.8) is 0 Å². The van der Waals surface area contributed by atoms with E-state index in [2.05, 4.69) is 11.2 Å².